The maximum absolute atomic E-state index is 11.8. The molecule has 18 heavy (non-hydrogen) atoms. The lowest BCUT2D eigenvalue weighted by atomic mass is 10.2. The quantitative estimate of drug-likeness (QED) is 0.490. The molecule has 0 unspecified atom stereocenters. The molecular weight excluding hydrogens is 256 g/mol. The van der Waals surface area contributed by atoms with Gasteiger partial charge in [0.05, 0.1) is 10.5 Å². The first-order chi connectivity index (χ1) is 8.57. The number of hydrogen-bond acceptors (Lipinski definition) is 3. The summed E-state index contributed by atoms with van der Waals surface area (Å²) < 4.78 is 0. The Hall–Kier alpha value is -1.62. The van der Waals surface area contributed by atoms with Gasteiger partial charge in [-0.3, -0.25) is 14.9 Å². The minimum atomic E-state index is -0.601. The summed E-state index contributed by atoms with van der Waals surface area (Å²) in [6.07, 6.45) is 2.98. The van der Waals surface area contributed by atoms with Gasteiger partial charge in [-0.1, -0.05) is 37.4 Å². The van der Waals surface area contributed by atoms with Crippen LogP contribution in [0.2, 0.25) is 5.02 Å². The molecule has 0 bridgehead atoms. The van der Waals surface area contributed by atoms with Gasteiger partial charge in [0, 0.05) is 12.6 Å². The maximum Gasteiger partial charge on any atom is 0.288 e. The molecule has 6 heteroatoms. The molecule has 0 saturated heterocycles. The van der Waals surface area contributed by atoms with E-state index in [1.54, 1.807) is 0 Å². The van der Waals surface area contributed by atoms with Crippen molar-refractivity contribution in [2.45, 2.75) is 26.2 Å². The van der Waals surface area contributed by atoms with E-state index in [4.69, 9.17) is 11.6 Å². The zero-order chi connectivity index (χ0) is 13.5. The molecule has 0 aliphatic heterocycles. The summed E-state index contributed by atoms with van der Waals surface area (Å²) in [6, 6.07) is 4.20. The molecule has 0 radical (unpaired) electrons. The summed E-state index contributed by atoms with van der Waals surface area (Å²) in [6.45, 7) is 2.62. The van der Waals surface area contributed by atoms with Gasteiger partial charge in [0.2, 0.25) is 0 Å². The Kier molecular flexibility index (Phi) is 5.58. The highest BCUT2D eigenvalue weighted by Crippen LogP contribution is 2.27. The van der Waals surface area contributed by atoms with E-state index in [-0.39, 0.29) is 22.2 Å². The topological polar surface area (TPSA) is 72.2 Å². The average Bonchev–Trinajstić information content (AvgIpc) is 2.34. The van der Waals surface area contributed by atoms with Crippen molar-refractivity contribution in [3.05, 3.63) is 38.9 Å². The van der Waals surface area contributed by atoms with Gasteiger partial charge < -0.3 is 5.32 Å². The molecule has 0 spiro atoms. The highest BCUT2D eigenvalue weighted by molar-refractivity contribution is 6.35. The molecule has 98 valence electrons. The van der Waals surface area contributed by atoms with Gasteiger partial charge in [0.1, 0.15) is 5.02 Å². The summed E-state index contributed by atoms with van der Waals surface area (Å²) in [4.78, 5) is 21.9. The van der Waals surface area contributed by atoms with Crippen molar-refractivity contribution in [3.8, 4) is 0 Å². The van der Waals surface area contributed by atoms with E-state index in [9.17, 15) is 14.9 Å². The molecule has 0 atom stereocenters. The molecule has 0 aromatic heterocycles. The first-order valence-corrected chi connectivity index (χ1v) is 6.16. The van der Waals surface area contributed by atoms with Crippen molar-refractivity contribution < 1.29 is 9.72 Å². The van der Waals surface area contributed by atoms with E-state index in [2.05, 4.69) is 12.2 Å². The number of carbonyl (C=O) groups excluding carboxylic acids is 1. The molecule has 1 N–H and O–H groups in total. The normalized spacial score (nSPS) is 10.1. The number of nitrogens with zero attached hydrogens (tertiary/aromatic N) is 1. The number of unbranched alkanes of at least 4 members (excludes halogenated alkanes) is 2. The summed E-state index contributed by atoms with van der Waals surface area (Å²) in [5, 5.41) is 13.3. The lowest BCUT2D eigenvalue weighted by molar-refractivity contribution is -0.384. The van der Waals surface area contributed by atoms with Crippen molar-refractivity contribution in [3.63, 3.8) is 0 Å². The van der Waals surface area contributed by atoms with Crippen LogP contribution in [-0.2, 0) is 0 Å². The first kappa shape index (κ1) is 14.4. The molecule has 0 aliphatic carbocycles. The zero-order valence-electron chi connectivity index (χ0n) is 10.1. The molecule has 0 heterocycles. The molecule has 0 aliphatic rings. The monoisotopic (exact) mass is 270 g/mol. The summed E-state index contributed by atoms with van der Waals surface area (Å²) >= 11 is 5.84. The second kappa shape index (κ2) is 6.96. The van der Waals surface area contributed by atoms with E-state index in [1.807, 2.05) is 0 Å². The van der Waals surface area contributed by atoms with Crippen LogP contribution in [-0.4, -0.2) is 17.4 Å². The molecule has 1 rings (SSSR count). The van der Waals surface area contributed by atoms with E-state index < -0.39 is 4.92 Å². The number of benzene rings is 1. The number of hydrogen-bond donors (Lipinski definition) is 1. The second-order valence-corrected chi connectivity index (χ2v) is 4.24. The Morgan fingerprint density at radius 1 is 1.44 bits per heavy atom. The Bertz CT molecular complexity index is 449. The Balaban J connectivity index is 2.74. The smallest absolute Gasteiger partial charge is 0.288 e. The van der Waals surface area contributed by atoms with Gasteiger partial charge in [-0.2, -0.15) is 0 Å². The van der Waals surface area contributed by atoms with Crippen LogP contribution in [0.4, 0.5) is 5.69 Å². The molecule has 1 amide bonds. The first-order valence-electron chi connectivity index (χ1n) is 5.79. The van der Waals surface area contributed by atoms with Gasteiger partial charge >= 0.3 is 0 Å². The third-order valence-corrected chi connectivity index (χ3v) is 2.88. The third-order valence-electron chi connectivity index (χ3n) is 2.49. The van der Waals surface area contributed by atoms with E-state index >= 15 is 0 Å². The van der Waals surface area contributed by atoms with Crippen LogP contribution in [0.1, 0.15) is 36.5 Å². The minimum Gasteiger partial charge on any atom is -0.352 e. The van der Waals surface area contributed by atoms with Gasteiger partial charge in [0.25, 0.3) is 11.6 Å². The Labute approximate surface area is 110 Å². The van der Waals surface area contributed by atoms with Gasteiger partial charge in [-0.15, -0.1) is 0 Å². The summed E-state index contributed by atoms with van der Waals surface area (Å²) in [7, 11) is 0. The lowest BCUT2D eigenvalue weighted by Crippen LogP contribution is -2.24. The fourth-order valence-electron chi connectivity index (χ4n) is 1.51. The predicted octanol–water partition coefficient (Wildman–Crippen LogP) is 3.17. The molecule has 1 aromatic carbocycles. The van der Waals surface area contributed by atoms with E-state index in [0.717, 1.165) is 19.3 Å². The number of rotatable bonds is 6. The number of amides is 1. The number of nitrogens with one attached hydrogen (secondary N) is 1. The van der Waals surface area contributed by atoms with Gasteiger partial charge in [-0.05, 0) is 12.5 Å². The highest BCUT2D eigenvalue weighted by atomic mass is 35.5. The van der Waals surface area contributed by atoms with Crippen molar-refractivity contribution in [1.82, 2.24) is 5.32 Å². The highest BCUT2D eigenvalue weighted by Gasteiger charge is 2.19. The molecule has 5 nitrogen and oxygen atoms in total. The van der Waals surface area contributed by atoms with Crippen molar-refractivity contribution >= 4 is 23.2 Å². The molecule has 1 aromatic rings. The molecule has 0 saturated carbocycles. The van der Waals surface area contributed by atoms with Crippen LogP contribution in [0, 0.1) is 10.1 Å². The second-order valence-electron chi connectivity index (χ2n) is 3.86. The maximum atomic E-state index is 11.8. The van der Waals surface area contributed by atoms with Gasteiger partial charge in [0.15, 0.2) is 0 Å². The standard InChI is InChI=1S/C12H15ClN2O3/c1-2-3-4-8-14-12(16)9-6-5-7-10(11(9)13)15(17)18/h5-7H,2-4,8H2,1H3,(H,14,16). The summed E-state index contributed by atoms with van der Waals surface area (Å²) in [5.74, 6) is -0.375. The molecule has 0 fully saturated rings. The number of nitro benzene ring substituents is 1. The van der Waals surface area contributed by atoms with Crippen LogP contribution >= 0.6 is 11.6 Å². The molecular formula is C12H15ClN2O3. The Morgan fingerprint density at radius 2 is 2.17 bits per heavy atom. The number of halogens is 1. The van der Waals surface area contributed by atoms with Crippen molar-refractivity contribution in [2.75, 3.05) is 6.54 Å². The summed E-state index contributed by atoms with van der Waals surface area (Å²) in [5.41, 5.74) is -0.111. The van der Waals surface area contributed by atoms with E-state index in [0.29, 0.717) is 6.54 Å². The minimum absolute atomic E-state index is 0.115. The van der Waals surface area contributed by atoms with Crippen molar-refractivity contribution in [2.24, 2.45) is 0 Å². The SMILES string of the molecule is CCCCCNC(=O)c1cccc([N+](=O)[O-])c1Cl. The third kappa shape index (κ3) is 3.70. The van der Waals surface area contributed by atoms with Crippen molar-refractivity contribution in [1.29, 1.82) is 0 Å². The van der Waals surface area contributed by atoms with Crippen LogP contribution in [0.5, 0.6) is 0 Å². The van der Waals surface area contributed by atoms with Crippen LogP contribution in [0.25, 0.3) is 0 Å². The van der Waals surface area contributed by atoms with Crippen LogP contribution in [0.3, 0.4) is 0 Å². The lowest BCUT2D eigenvalue weighted by Gasteiger charge is -2.06. The largest absolute Gasteiger partial charge is 0.352 e. The number of nitro groups is 1. The zero-order valence-corrected chi connectivity index (χ0v) is 10.9. The average molecular weight is 271 g/mol. The fourth-order valence-corrected chi connectivity index (χ4v) is 1.79. The van der Waals surface area contributed by atoms with E-state index in [1.165, 1.54) is 18.2 Å². The number of carbonyl (C=O) groups is 1. The van der Waals surface area contributed by atoms with Crippen LogP contribution in [0.15, 0.2) is 18.2 Å². The van der Waals surface area contributed by atoms with Crippen LogP contribution < -0.4 is 5.32 Å². The fraction of sp³-hybridized carbons (Fsp3) is 0.417. The predicted molar refractivity (Wildman–Crippen MR) is 70.0 cm³/mol. The van der Waals surface area contributed by atoms with Gasteiger partial charge in [-0.25, -0.2) is 0 Å². The Morgan fingerprint density at radius 3 is 2.78 bits per heavy atom.